The lowest BCUT2D eigenvalue weighted by Gasteiger charge is -2.11. The van der Waals surface area contributed by atoms with Crippen LogP contribution in [0.15, 0.2) is 41.5 Å². The van der Waals surface area contributed by atoms with E-state index in [1.165, 1.54) is 6.07 Å². The van der Waals surface area contributed by atoms with Crippen molar-refractivity contribution in [2.75, 3.05) is 12.4 Å². The number of ether oxygens (including phenoxy) is 1. The maximum absolute atomic E-state index is 13.4. The Morgan fingerprint density at radius 3 is 2.74 bits per heavy atom. The molecule has 0 radical (unpaired) electrons. The van der Waals surface area contributed by atoms with Crippen molar-refractivity contribution in [1.29, 1.82) is 5.53 Å². The summed E-state index contributed by atoms with van der Waals surface area (Å²) >= 11 is 0. The summed E-state index contributed by atoms with van der Waals surface area (Å²) < 4.78 is 19.0. The van der Waals surface area contributed by atoms with Gasteiger partial charge in [-0.25, -0.2) is 9.92 Å². The Bertz CT molecular complexity index is 614. The first-order valence-electron chi connectivity index (χ1n) is 5.78. The first-order valence-corrected chi connectivity index (χ1v) is 5.78. The molecule has 0 amide bonds. The standard InChI is InChI=1S/C14H14FN3O/c1-9-11(15)4-3-5-14(9)19-10-6-7-12(17-2)13(8-10)18-16/h3-8,16-17H,1-2H3. The second kappa shape index (κ2) is 5.48. The highest BCUT2D eigenvalue weighted by molar-refractivity contribution is 5.67. The van der Waals surface area contributed by atoms with E-state index in [2.05, 4.69) is 10.4 Å². The molecule has 2 rings (SSSR count). The zero-order chi connectivity index (χ0) is 13.8. The zero-order valence-electron chi connectivity index (χ0n) is 10.7. The van der Waals surface area contributed by atoms with Crippen LogP contribution in [0.25, 0.3) is 0 Å². The molecule has 0 spiro atoms. The fraction of sp³-hybridized carbons (Fsp3) is 0.143. The minimum absolute atomic E-state index is 0.310. The molecule has 98 valence electrons. The number of hydrogen-bond acceptors (Lipinski definition) is 4. The van der Waals surface area contributed by atoms with Gasteiger partial charge in [0.15, 0.2) is 0 Å². The molecular formula is C14H14FN3O. The largest absolute Gasteiger partial charge is 0.457 e. The van der Waals surface area contributed by atoms with Crippen molar-refractivity contribution in [3.8, 4) is 11.5 Å². The summed E-state index contributed by atoms with van der Waals surface area (Å²) in [5, 5.41) is 6.35. The molecule has 0 saturated heterocycles. The highest BCUT2D eigenvalue weighted by atomic mass is 19.1. The van der Waals surface area contributed by atoms with E-state index in [0.717, 1.165) is 5.69 Å². The fourth-order valence-electron chi connectivity index (χ4n) is 1.70. The number of halogens is 1. The fourth-order valence-corrected chi connectivity index (χ4v) is 1.70. The molecule has 5 heteroatoms. The molecule has 0 aliphatic carbocycles. The van der Waals surface area contributed by atoms with Crippen LogP contribution in [-0.4, -0.2) is 7.05 Å². The average Bonchev–Trinajstić information content (AvgIpc) is 2.43. The van der Waals surface area contributed by atoms with Gasteiger partial charge in [0.05, 0.1) is 5.69 Å². The molecule has 0 unspecified atom stereocenters. The molecule has 0 bridgehead atoms. The van der Waals surface area contributed by atoms with Gasteiger partial charge in [0.1, 0.15) is 23.0 Å². The molecule has 0 saturated carbocycles. The van der Waals surface area contributed by atoms with Crippen LogP contribution in [0.2, 0.25) is 0 Å². The first-order chi connectivity index (χ1) is 9.15. The molecule has 0 aliphatic heterocycles. The molecule has 4 nitrogen and oxygen atoms in total. The van der Waals surface area contributed by atoms with E-state index >= 15 is 0 Å². The second-order valence-electron chi connectivity index (χ2n) is 4.01. The third kappa shape index (κ3) is 2.70. The lowest BCUT2D eigenvalue weighted by Crippen LogP contribution is -1.92. The van der Waals surface area contributed by atoms with Gasteiger partial charge >= 0.3 is 0 Å². The number of rotatable bonds is 4. The van der Waals surface area contributed by atoms with E-state index in [1.807, 2.05) is 0 Å². The molecular weight excluding hydrogens is 245 g/mol. The SMILES string of the molecule is CNc1ccc(Oc2cccc(F)c2C)cc1N=N. The van der Waals surface area contributed by atoms with Gasteiger partial charge in [-0.2, -0.15) is 5.11 Å². The lowest BCUT2D eigenvalue weighted by molar-refractivity contribution is 0.471. The highest BCUT2D eigenvalue weighted by Gasteiger charge is 2.07. The van der Waals surface area contributed by atoms with Crippen LogP contribution >= 0.6 is 0 Å². The predicted octanol–water partition coefficient (Wildman–Crippen LogP) is 4.63. The van der Waals surface area contributed by atoms with Gasteiger partial charge in [-0.3, -0.25) is 0 Å². The Morgan fingerprint density at radius 1 is 1.26 bits per heavy atom. The topological polar surface area (TPSA) is 57.5 Å². The van der Waals surface area contributed by atoms with Gasteiger partial charge < -0.3 is 10.1 Å². The van der Waals surface area contributed by atoms with E-state index in [4.69, 9.17) is 10.3 Å². The Kier molecular flexibility index (Phi) is 3.75. The number of nitrogens with one attached hydrogen (secondary N) is 2. The third-order valence-electron chi connectivity index (χ3n) is 2.80. The zero-order valence-corrected chi connectivity index (χ0v) is 10.7. The maximum Gasteiger partial charge on any atom is 0.133 e. The highest BCUT2D eigenvalue weighted by Crippen LogP contribution is 2.33. The molecule has 0 aliphatic rings. The van der Waals surface area contributed by atoms with Crippen LogP contribution in [0.5, 0.6) is 11.5 Å². The summed E-state index contributed by atoms with van der Waals surface area (Å²) in [5.74, 6) is 0.654. The molecule has 19 heavy (non-hydrogen) atoms. The Balaban J connectivity index is 2.33. The van der Waals surface area contributed by atoms with E-state index in [1.54, 1.807) is 44.3 Å². The van der Waals surface area contributed by atoms with E-state index in [-0.39, 0.29) is 5.82 Å². The molecule has 2 N–H and O–H groups in total. The summed E-state index contributed by atoms with van der Waals surface area (Å²) in [6, 6.07) is 9.81. The summed E-state index contributed by atoms with van der Waals surface area (Å²) in [6.45, 7) is 1.66. The molecule has 0 aromatic heterocycles. The number of anilines is 1. The summed E-state index contributed by atoms with van der Waals surface area (Å²) in [4.78, 5) is 0. The molecule has 0 atom stereocenters. The van der Waals surface area contributed by atoms with Crippen LogP contribution in [-0.2, 0) is 0 Å². The minimum Gasteiger partial charge on any atom is -0.457 e. The smallest absolute Gasteiger partial charge is 0.133 e. The predicted molar refractivity (Wildman–Crippen MR) is 72.0 cm³/mol. The van der Waals surface area contributed by atoms with E-state index in [9.17, 15) is 4.39 Å². The van der Waals surface area contributed by atoms with Gasteiger partial charge in [0, 0.05) is 18.7 Å². The summed E-state index contributed by atoms with van der Waals surface area (Å²) in [5.41, 5.74) is 8.76. The second-order valence-corrected chi connectivity index (χ2v) is 4.01. The van der Waals surface area contributed by atoms with Crippen LogP contribution in [0.1, 0.15) is 5.56 Å². The molecule has 2 aromatic carbocycles. The number of benzene rings is 2. The van der Waals surface area contributed by atoms with Gasteiger partial charge in [-0.15, -0.1) is 0 Å². The van der Waals surface area contributed by atoms with Crippen molar-refractivity contribution < 1.29 is 9.13 Å². The number of hydrogen-bond donors (Lipinski definition) is 2. The Labute approximate surface area is 110 Å². The van der Waals surface area contributed by atoms with Gasteiger partial charge in [0.2, 0.25) is 0 Å². The summed E-state index contributed by atoms with van der Waals surface area (Å²) in [7, 11) is 1.75. The van der Waals surface area contributed by atoms with Gasteiger partial charge in [-0.05, 0) is 31.2 Å². The van der Waals surface area contributed by atoms with Crippen molar-refractivity contribution in [3.63, 3.8) is 0 Å². The van der Waals surface area contributed by atoms with E-state index in [0.29, 0.717) is 22.7 Å². The van der Waals surface area contributed by atoms with Crippen LogP contribution in [0, 0.1) is 18.3 Å². The quantitative estimate of drug-likeness (QED) is 0.786. The number of nitrogens with zero attached hydrogens (tertiary/aromatic N) is 1. The molecule has 2 aromatic rings. The van der Waals surface area contributed by atoms with Crippen LogP contribution in [0.4, 0.5) is 15.8 Å². The van der Waals surface area contributed by atoms with Crippen LogP contribution in [0.3, 0.4) is 0 Å². The van der Waals surface area contributed by atoms with Crippen molar-refractivity contribution in [3.05, 3.63) is 47.8 Å². The van der Waals surface area contributed by atoms with Crippen molar-refractivity contribution >= 4 is 11.4 Å². The molecule has 0 fully saturated rings. The average molecular weight is 259 g/mol. The van der Waals surface area contributed by atoms with Gasteiger partial charge in [-0.1, -0.05) is 6.07 Å². The Hall–Kier alpha value is -2.43. The molecule has 0 heterocycles. The van der Waals surface area contributed by atoms with Crippen LogP contribution < -0.4 is 10.1 Å². The van der Waals surface area contributed by atoms with Gasteiger partial charge in [0.25, 0.3) is 0 Å². The lowest BCUT2D eigenvalue weighted by atomic mass is 10.2. The minimum atomic E-state index is -0.310. The maximum atomic E-state index is 13.4. The third-order valence-corrected chi connectivity index (χ3v) is 2.80. The summed E-state index contributed by atoms with van der Waals surface area (Å²) in [6.07, 6.45) is 0. The van der Waals surface area contributed by atoms with Crippen molar-refractivity contribution in [2.24, 2.45) is 5.11 Å². The first kappa shape index (κ1) is 13.0. The normalized spacial score (nSPS) is 10.1. The van der Waals surface area contributed by atoms with Crippen molar-refractivity contribution in [2.45, 2.75) is 6.92 Å². The van der Waals surface area contributed by atoms with Crippen molar-refractivity contribution in [1.82, 2.24) is 0 Å². The Morgan fingerprint density at radius 2 is 2.05 bits per heavy atom. The monoisotopic (exact) mass is 259 g/mol. The van der Waals surface area contributed by atoms with E-state index < -0.39 is 0 Å².